The molecule has 0 unspecified atom stereocenters. The summed E-state index contributed by atoms with van der Waals surface area (Å²) < 4.78 is 0. The second-order valence-corrected chi connectivity index (χ2v) is 5.94. The maximum Gasteiger partial charge on any atom is 0.252 e. The second kappa shape index (κ2) is 7.47. The van der Waals surface area contributed by atoms with Gasteiger partial charge in [-0.25, -0.2) is 4.98 Å². The van der Waals surface area contributed by atoms with Gasteiger partial charge in [-0.3, -0.25) is 9.89 Å². The number of amides is 1. The number of aromatic nitrogens is 3. The van der Waals surface area contributed by atoms with Gasteiger partial charge in [-0.05, 0) is 36.4 Å². The van der Waals surface area contributed by atoms with E-state index in [0.29, 0.717) is 40.2 Å². The van der Waals surface area contributed by atoms with Crippen molar-refractivity contribution in [1.29, 1.82) is 0 Å². The molecule has 0 saturated carbocycles. The zero-order chi connectivity index (χ0) is 16.9. The van der Waals surface area contributed by atoms with E-state index in [1.54, 1.807) is 36.4 Å². The van der Waals surface area contributed by atoms with Gasteiger partial charge in [0.25, 0.3) is 5.91 Å². The van der Waals surface area contributed by atoms with E-state index in [1.165, 1.54) is 0 Å². The van der Waals surface area contributed by atoms with Crippen LogP contribution < -0.4 is 5.32 Å². The number of halogens is 2. The monoisotopic (exact) mass is 360 g/mol. The first-order valence-corrected chi connectivity index (χ1v) is 8.09. The van der Waals surface area contributed by atoms with Crippen LogP contribution in [0.2, 0.25) is 10.0 Å². The van der Waals surface area contributed by atoms with Crippen LogP contribution in [0.15, 0.2) is 48.5 Å². The molecule has 1 heterocycles. The predicted molar refractivity (Wildman–Crippen MR) is 94.3 cm³/mol. The maximum atomic E-state index is 12.1. The minimum atomic E-state index is -0.210. The fourth-order valence-electron chi connectivity index (χ4n) is 2.17. The van der Waals surface area contributed by atoms with Crippen molar-refractivity contribution in [3.63, 3.8) is 0 Å². The number of hydrogen-bond donors (Lipinski definition) is 2. The maximum absolute atomic E-state index is 12.1. The Bertz CT molecular complexity index is 846. The van der Waals surface area contributed by atoms with Gasteiger partial charge >= 0.3 is 0 Å². The van der Waals surface area contributed by atoms with E-state index in [9.17, 15) is 4.79 Å². The van der Waals surface area contributed by atoms with Crippen molar-refractivity contribution in [3.05, 3.63) is 70.0 Å². The van der Waals surface area contributed by atoms with Crippen LogP contribution >= 0.6 is 23.2 Å². The summed E-state index contributed by atoms with van der Waals surface area (Å²) in [7, 11) is 0. The van der Waals surface area contributed by atoms with Crippen LogP contribution in [0.5, 0.6) is 0 Å². The summed E-state index contributed by atoms with van der Waals surface area (Å²) in [6.07, 6.45) is 0.538. The number of rotatable bonds is 5. The van der Waals surface area contributed by atoms with Gasteiger partial charge in [-0.2, -0.15) is 5.10 Å². The molecule has 7 heteroatoms. The van der Waals surface area contributed by atoms with Crippen molar-refractivity contribution in [2.24, 2.45) is 0 Å². The van der Waals surface area contributed by atoms with Gasteiger partial charge in [0.15, 0.2) is 5.82 Å². The number of benzene rings is 2. The van der Waals surface area contributed by atoms with Crippen molar-refractivity contribution in [1.82, 2.24) is 20.5 Å². The third kappa shape index (κ3) is 3.93. The summed E-state index contributed by atoms with van der Waals surface area (Å²) in [4.78, 5) is 16.5. The van der Waals surface area contributed by atoms with Crippen LogP contribution in [0, 0.1) is 0 Å². The minimum absolute atomic E-state index is 0.210. The van der Waals surface area contributed by atoms with E-state index in [2.05, 4.69) is 20.5 Å². The molecule has 0 saturated heterocycles. The van der Waals surface area contributed by atoms with Gasteiger partial charge in [0, 0.05) is 23.6 Å². The highest BCUT2D eigenvalue weighted by Gasteiger charge is 2.10. The Kier molecular flexibility index (Phi) is 5.13. The summed E-state index contributed by atoms with van der Waals surface area (Å²) in [5.74, 6) is 1.08. The number of nitrogens with zero attached hydrogens (tertiary/aromatic N) is 2. The lowest BCUT2D eigenvalue weighted by molar-refractivity contribution is 0.0954. The zero-order valence-corrected chi connectivity index (χ0v) is 14.1. The third-order valence-corrected chi connectivity index (χ3v) is 3.98. The highest BCUT2D eigenvalue weighted by atomic mass is 35.5. The number of carbonyl (C=O) groups is 1. The van der Waals surface area contributed by atoms with Crippen LogP contribution in [0.4, 0.5) is 0 Å². The number of H-pyrrole nitrogens is 1. The van der Waals surface area contributed by atoms with Crippen molar-refractivity contribution in [3.8, 4) is 11.4 Å². The molecule has 0 aliphatic carbocycles. The molecule has 0 aliphatic rings. The molecule has 24 heavy (non-hydrogen) atoms. The molecular formula is C17H14Cl2N4O. The normalized spacial score (nSPS) is 10.6. The molecule has 2 aromatic carbocycles. The molecule has 0 spiro atoms. The van der Waals surface area contributed by atoms with Gasteiger partial charge in [0.05, 0.1) is 10.6 Å². The van der Waals surface area contributed by atoms with Crippen LogP contribution in [0.3, 0.4) is 0 Å². The summed E-state index contributed by atoms with van der Waals surface area (Å²) in [6.45, 7) is 0.430. The Labute approximate surface area is 149 Å². The largest absolute Gasteiger partial charge is 0.352 e. The number of nitrogens with one attached hydrogen (secondary N) is 2. The lowest BCUT2D eigenvalue weighted by Crippen LogP contribution is -2.26. The van der Waals surface area contributed by atoms with Crippen molar-refractivity contribution in [2.45, 2.75) is 6.42 Å². The Morgan fingerprint density at radius 2 is 1.83 bits per heavy atom. The number of carbonyl (C=O) groups excluding carboxylic acids is 1. The molecule has 0 radical (unpaired) electrons. The number of hydrogen-bond acceptors (Lipinski definition) is 3. The fraction of sp³-hybridized carbons (Fsp3) is 0.118. The average Bonchev–Trinajstić information content (AvgIpc) is 3.04. The van der Waals surface area contributed by atoms with E-state index in [1.807, 2.05) is 12.1 Å². The first-order chi connectivity index (χ1) is 11.6. The quantitative estimate of drug-likeness (QED) is 0.727. The third-order valence-electron chi connectivity index (χ3n) is 3.40. The van der Waals surface area contributed by atoms with Crippen LogP contribution in [-0.4, -0.2) is 27.6 Å². The molecule has 0 fully saturated rings. The fourth-order valence-corrected chi connectivity index (χ4v) is 2.52. The Morgan fingerprint density at radius 1 is 1.08 bits per heavy atom. The predicted octanol–water partition coefficient (Wildman–Crippen LogP) is 3.75. The Hall–Kier alpha value is -2.37. The topological polar surface area (TPSA) is 70.7 Å². The standard InChI is InChI=1S/C17H14Cl2N4O/c18-12-7-5-11(6-8-12)16-21-15(22-23-16)9-10-20-17(24)13-3-1-2-4-14(13)19/h1-8H,9-10H2,(H,20,24)(H,21,22,23). The highest BCUT2D eigenvalue weighted by molar-refractivity contribution is 6.33. The SMILES string of the molecule is O=C(NCCc1nc(-c2ccc(Cl)cc2)n[nH]1)c1ccccc1Cl. The highest BCUT2D eigenvalue weighted by Crippen LogP contribution is 2.18. The molecular weight excluding hydrogens is 347 g/mol. The molecule has 3 rings (SSSR count). The van der Waals surface area contributed by atoms with Gasteiger partial charge in [-0.15, -0.1) is 0 Å². The molecule has 1 aromatic heterocycles. The molecule has 5 nitrogen and oxygen atoms in total. The molecule has 122 valence electrons. The summed E-state index contributed by atoms with van der Waals surface area (Å²) in [5.41, 5.74) is 1.33. The van der Waals surface area contributed by atoms with Crippen molar-refractivity contribution in [2.75, 3.05) is 6.54 Å². The van der Waals surface area contributed by atoms with Crippen molar-refractivity contribution >= 4 is 29.1 Å². The van der Waals surface area contributed by atoms with E-state index in [4.69, 9.17) is 23.2 Å². The molecule has 1 amide bonds. The van der Waals surface area contributed by atoms with Crippen LogP contribution in [-0.2, 0) is 6.42 Å². The van der Waals surface area contributed by atoms with E-state index >= 15 is 0 Å². The summed E-state index contributed by atoms with van der Waals surface area (Å²) >= 11 is 11.9. The lowest BCUT2D eigenvalue weighted by atomic mass is 10.2. The molecule has 3 aromatic rings. The van der Waals surface area contributed by atoms with Crippen LogP contribution in [0.1, 0.15) is 16.2 Å². The van der Waals surface area contributed by atoms with E-state index < -0.39 is 0 Å². The van der Waals surface area contributed by atoms with Gasteiger partial charge in [-0.1, -0.05) is 35.3 Å². The number of aromatic amines is 1. The molecule has 0 aliphatic heterocycles. The summed E-state index contributed by atoms with van der Waals surface area (Å²) in [6, 6.07) is 14.2. The second-order valence-electron chi connectivity index (χ2n) is 5.10. The van der Waals surface area contributed by atoms with Gasteiger partial charge in [0.2, 0.25) is 0 Å². The smallest absolute Gasteiger partial charge is 0.252 e. The first kappa shape index (κ1) is 16.5. The molecule has 2 N–H and O–H groups in total. The first-order valence-electron chi connectivity index (χ1n) is 7.33. The summed E-state index contributed by atoms with van der Waals surface area (Å²) in [5, 5.41) is 11.0. The van der Waals surface area contributed by atoms with Crippen LogP contribution in [0.25, 0.3) is 11.4 Å². The minimum Gasteiger partial charge on any atom is -0.352 e. The Balaban J connectivity index is 1.57. The van der Waals surface area contributed by atoms with Crippen molar-refractivity contribution < 1.29 is 4.79 Å². The average molecular weight is 361 g/mol. The molecule has 0 bridgehead atoms. The lowest BCUT2D eigenvalue weighted by Gasteiger charge is -2.05. The molecule has 0 atom stereocenters. The Morgan fingerprint density at radius 3 is 2.58 bits per heavy atom. The van der Waals surface area contributed by atoms with E-state index in [0.717, 1.165) is 5.56 Å². The zero-order valence-electron chi connectivity index (χ0n) is 12.6. The van der Waals surface area contributed by atoms with Gasteiger partial charge in [0.1, 0.15) is 5.82 Å². The van der Waals surface area contributed by atoms with E-state index in [-0.39, 0.29) is 5.91 Å². The van der Waals surface area contributed by atoms with Gasteiger partial charge < -0.3 is 5.32 Å².